The molecule has 0 saturated heterocycles. The first-order chi connectivity index (χ1) is 11.4. The van der Waals surface area contributed by atoms with Gasteiger partial charge < -0.3 is 9.84 Å². The summed E-state index contributed by atoms with van der Waals surface area (Å²) in [4.78, 5) is 11.3. The molecule has 0 aromatic heterocycles. The van der Waals surface area contributed by atoms with Gasteiger partial charge in [0.1, 0.15) is 11.3 Å². The minimum Gasteiger partial charge on any atom is -0.493 e. The molecule has 0 aliphatic carbocycles. The number of ether oxygens (including phenoxy) is 1. The van der Waals surface area contributed by atoms with Crippen molar-refractivity contribution < 1.29 is 23.1 Å². The Labute approximate surface area is 141 Å². The van der Waals surface area contributed by atoms with Crippen LogP contribution in [0.25, 0.3) is 0 Å². The summed E-state index contributed by atoms with van der Waals surface area (Å²) in [5.41, 5.74) is 0.341. The molecule has 0 heterocycles. The smallest absolute Gasteiger partial charge is 0.339 e. The molecule has 0 spiro atoms. The lowest BCUT2D eigenvalue weighted by molar-refractivity contribution is 0.0692. The molecule has 0 atom stereocenters. The van der Waals surface area contributed by atoms with E-state index in [1.54, 1.807) is 44.2 Å². The number of hydrogen-bond acceptors (Lipinski definition) is 4. The van der Waals surface area contributed by atoms with Crippen LogP contribution in [0.15, 0.2) is 53.4 Å². The van der Waals surface area contributed by atoms with E-state index in [0.717, 1.165) is 6.07 Å². The van der Waals surface area contributed by atoms with Gasteiger partial charge in [0, 0.05) is 6.54 Å². The average Bonchev–Trinajstić information content (AvgIpc) is 2.56. The molecule has 0 aliphatic rings. The number of anilines is 1. The number of sulfonamides is 1. The topological polar surface area (TPSA) is 83.9 Å². The molecule has 128 valence electrons. The third kappa shape index (κ3) is 3.51. The molecule has 0 fully saturated rings. The number of hydrogen-bond donors (Lipinski definition) is 1. The maximum atomic E-state index is 12.9. The van der Waals surface area contributed by atoms with E-state index < -0.39 is 16.0 Å². The molecule has 0 amide bonds. The van der Waals surface area contributed by atoms with Gasteiger partial charge in [0.05, 0.1) is 17.2 Å². The first kappa shape index (κ1) is 17.8. The summed E-state index contributed by atoms with van der Waals surface area (Å²) >= 11 is 0. The molecule has 2 aromatic carbocycles. The van der Waals surface area contributed by atoms with Gasteiger partial charge >= 0.3 is 5.97 Å². The van der Waals surface area contributed by atoms with Crippen molar-refractivity contribution in [3.8, 4) is 5.75 Å². The highest BCUT2D eigenvalue weighted by Gasteiger charge is 2.25. The average molecular weight is 349 g/mol. The van der Waals surface area contributed by atoms with Crippen LogP contribution in [0.4, 0.5) is 5.69 Å². The van der Waals surface area contributed by atoms with Gasteiger partial charge in [-0.1, -0.05) is 18.2 Å². The van der Waals surface area contributed by atoms with Crippen molar-refractivity contribution in [1.82, 2.24) is 0 Å². The van der Waals surface area contributed by atoms with Crippen molar-refractivity contribution >= 4 is 21.7 Å². The summed E-state index contributed by atoms with van der Waals surface area (Å²) in [6.07, 6.45) is 0. The fourth-order valence-corrected chi connectivity index (χ4v) is 3.83. The highest BCUT2D eigenvalue weighted by molar-refractivity contribution is 7.92. The number of nitrogens with zero attached hydrogens (tertiary/aromatic N) is 1. The maximum Gasteiger partial charge on any atom is 0.339 e. The quantitative estimate of drug-likeness (QED) is 0.831. The summed E-state index contributed by atoms with van der Waals surface area (Å²) < 4.78 is 32.3. The predicted molar refractivity (Wildman–Crippen MR) is 91.2 cm³/mol. The monoisotopic (exact) mass is 349 g/mol. The van der Waals surface area contributed by atoms with Crippen LogP contribution in [0.5, 0.6) is 5.75 Å². The van der Waals surface area contributed by atoms with Crippen LogP contribution in [0.1, 0.15) is 24.2 Å². The molecule has 0 bridgehead atoms. The molecule has 1 N–H and O–H groups in total. The Hall–Kier alpha value is -2.54. The molecule has 24 heavy (non-hydrogen) atoms. The summed E-state index contributed by atoms with van der Waals surface area (Å²) in [6, 6.07) is 12.5. The molecular formula is C17H19NO5S. The highest BCUT2D eigenvalue weighted by Crippen LogP contribution is 2.27. The molecule has 2 aromatic rings. The fourth-order valence-electron chi connectivity index (χ4n) is 2.33. The van der Waals surface area contributed by atoms with Gasteiger partial charge in [-0.3, -0.25) is 4.31 Å². The molecule has 2 rings (SSSR count). The number of para-hydroxylation sites is 1. The van der Waals surface area contributed by atoms with Gasteiger partial charge in [-0.15, -0.1) is 0 Å². The number of carboxylic acids is 1. The number of benzene rings is 2. The number of aromatic carboxylic acids is 1. The Kier molecular flexibility index (Phi) is 5.46. The molecule has 0 radical (unpaired) electrons. The minimum absolute atomic E-state index is 0.0888. The lowest BCUT2D eigenvalue weighted by atomic mass is 10.2. The molecule has 0 aliphatic heterocycles. The lowest BCUT2D eigenvalue weighted by Gasteiger charge is -2.23. The summed E-state index contributed by atoms with van der Waals surface area (Å²) in [5.74, 6) is -1.09. The molecule has 0 unspecified atom stereocenters. The lowest BCUT2D eigenvalue weighted by Crippen LogP contribution is -2.30. The Morgan fingerprint density at radius 1 is 1.12 bits per heavy atom. The van der Waals surface area contributed by atoms with Crippen LogP contribution in [0, 0.1) is 0 Å². The van der Waals surface area contributed by atoms with Gasteiger partial charge in [0.2, 0.25) is 0 Å². The van der Waals surface area contributed by atoms with Gasteiger partial charge in [0.15, 0.2) is 0 Å². The maximum absolute atomic E-state index is 12.9. The van der Waals surface area contributed by atoms with E-state index in [1.165, 1.54) is 16.4 Å². The van der Waals surface area contributed by atoms with Crippen LogP contribution in [-0.4, -0.2) is 32.6 Å². The fraction of sp³-hybridized carbons (Fsp3) is 0.235. The molecule has 6 nitrogen and oxygen atoms in total. The number of carbonyl (C=O) groups is 1. The Balaban J connectivity index is 2.52. The van der Waals surface area contributed by atoms with E-state index in [-0.39, 0.29) is 29.4 Å². The number of carboxylic acid groups (broad SMARTS) is 1. The summed E-state index contributed by atoms with van der Waals surface area (Å²) in [7, 11) is -3.88. The van der Waals surface area contributed by atoms with Gasteiger partial charge in [0.25, 0.3) is 10.0 Å². The molecule has 7 heteroatoms. The Morgan fingerprint density at radius 2 is 1.79 bits per heavy atom. The minimum atomic E-state index is -3.88. The van der Waals surface area contributed by atoms with Crippen LogP contribution in [-0.2, 0) is 10.0 Å². The Morgan fingerprint density at radius 3 is 2.33 bits per heavy atom. The molecule has 0 saturated carbocycles. The highest BCUT2D eigenvalue weighted by atomic mass is 32.2. The SMILES string of the molecule is CCOc1ccc(S(=O)(=O)N(CC)c2ccccc2)cc1C(=O)O. The van der Waals surface area contributed by atoms with E-state index in [0.29, 0.717) is 5.69 Å². The molecular weight excluding hydrogens is 330 g/mol. The second-order valence-electron chi connectivity index (χ2n) is 4.90. The third-order valence-electron chi connectivity index (χ3n) is 3.40. The van der Waals surface area contributed by atoms with Crippen molar-refractivity contribution in [3.63, 3.8) is 0 Å². The zero-order chi connectivity index (χ0) is 17.7. The van der Waals surface area contributed by atoms with Gasteiger partial charge in [-0.25, -0.2) is 13.2 Å². The first-order valence-corrected chi connectivity index (χ1v) is 8.93. The van der Waals surface area contributed by atoms with Crippen molar-refractivity contribution in [2.45, 2.75) is 18.7 Å². The Bertz CT molecular complexity index is 818. The zero-order valence-electron chi connectivity index (χ0n) is 13.5. The van der Waals surface area contributed by atoms with Crippen molar-refractivity contribution in [2.75, 3.05) is 17.5 Å². The largest absolute Gasteiger partial charge is 0.493 e. The van der Waals surface area contributed by atoms with Gasteiger partial charge in [-0.05, 0) is 44.2 Å². The van der Waals surface area contributed by atoms with E-state index in [2.05, 4.69) is 0 Å². The summed E-state index contributed by atoms with van der Waals surface area (Å²) in [5, 5.41) is 9.31. The van der Waals surface area contributed by atoms with Crippen LogP contribution in [0.3, 0.4) is 0 Å². The zero-order valence-corrected chi connectivity index (χ0v) is 14.3. The van der Waals surface area contributed by atoms with E-state index in [4.69, 9.17) is 4.74 Å². The summed E-state index contributed by atoms with van der Waals surface area (Å²) in [6.45, 7) is 3.96. The van der Waals surface area contributed by atoms with E-state index in [9.17, 15) is 18.3 Å². The van der Waals surface area contributed by atoms with Crippen molar-refractivity contribution in [1.29, 1.82) is 0 Å². The third-order valence-corrected chi connectivity index (χ3v) is 5.30. The van der Waals surface area contributed by atoms with Crippen LogP contribution in [0.2, 0.25) is 0 Å². The standard InChI is InChI=1S/C17H19NO5S/c1-3-18(13-8-6-5-7-9-13)24(21,22)14-10-11-16(23-4-2)15(12-14)17(19)20/h5-12H,3-4H2,1-2H3,(H,19,20). The second-order valence-corrected chi connectivity index (χ2v) is 6.76. The normalized spacial score (nSPS) is 11.1. The first-order valence-electron chi connectivity index (χ1n) is 7.49. The van der Waals surface area contributed by atoms with Crippen LogP contribution < -0.4 is 9.04 Å². The number of rotatable bonds is 7. The van der Waals surface area contributed by atoms with Gasteiger partial charge in [-0.2, -0.15) is 0 Å². The predicted octanol–water partition coefficient (Wildman–Crippen LogP) is 3.00. The van der Waals surface area contributed by atoms with Crippen molar-refractivity contribution in [2.24, 2.45) is 0 Å². The second kappa shape index (κ2) is 7.35. The van der Waals surface area contributed by atoms with Crippen molar-refractivity contribution in [3.05, 3.63) is 54.1 Å². The van der Waals surface area contributed by atoms with Crippen LogP contribution >= 0.6 is 0 Å². The van der Waals surface area contributed by atoms with E-state index >= 15 is 0 Å². The van der Waals surface area contributed by atoms with E-state index in [1.807, 2.05) is 0 Å².